The minimum atomic E-state index is -0.409. The quantitative estimate of drug-likeness (QED) is 0.902. The smallest absolute Gasteiger partial charge is 0.274 e. The van der Waals surface area contributed by atoms with Gasteiger partial charge in [-0.2, -0.15) is 0 Å². The molecule has 1 aliphatic rings. The van der Waals surface area contributed by atoms with Crippen LogP contribution in [-0.2, 0) is 4.74 Å². The highest BCUT2D eigenvalue weighted by Gasteiger charge is 2.30. The molecule has 8 heteroatoms. The second-order valence-electron chi connectivity index (χ2n) is 3.99. The van der Waals surface area contributed by atoms with E-state index < -0.39 is 11.9 Å². The van der Waals surface area contributed by atoms with Crippen molar-refractivity contribution in [1.29, 1.82) is 0 Å². The Labute approximate surface area is 125 Å². The molecule has 0 bridgehead atoms. The molecule has 19 heavy (non-hydrogen) atoms. The van der Waals surface area contributed by atoms with E-state index in [0.29, 0.717) is 13.2 Å². The Morgan fingerprint density at radius 3 is 2.89 bits per heavy atom. The molecular formula is C11H11Cl3N2O3. The predicted octanol–water partition coefficient (Wildman–Crippen LogP) is 1.88. The number of aromatic nitrogens is 1. The van der Waals surface area contributed by atoms with Gasteiger partial charge in [0, 0.05) is 12.7 Å². The van der Waals surface area contributed by atoms with Gasteiger partial charge in [0.15, 0.2) is 0 Å². The molecule has 1 amide bonds. The molecule has 1 saturated heterocycles. The molecule has 2 heterocycles. The molecule has 0 aliphatic carbocycles. The van der Waals surface area contributed by atoms with Gasteiger partial charge in [-0.1, -0.05) is 34.8 Å². The summed E-state index contributed by atoms with van der Waals surface area (Å²) in [5, 5.41) is 9.54. The van der Waals surface area contributed by atoms with Crippen molar-refractivity contribution in [3.63, 3.8) is 0 Å². The number of ether oxygens (including phenoxy) is 1. The van der Waals surface area contributed by atoms with Gasteiger partial charge in [0.25, 0.3) is 5.91 Å². The Kier molecular flexibility index (Phi) is 4.86. The average Bonchev–Trinajstić information content (AvgIpc) is 2.44. The maximum absolute atomic E-state index is 12.4. The normalized spacial score (nSPS) is 19.6. The van der Waals surface area contributed by atoms with E-state index >= 15 is 0 Å². The molecule has 1 atom stereocenters. The summed E-state index contributed by atoms with van der Waals surface area (Å²) in [5.41, 5.74) is 0.0245. The van der Waals surface area contributed by atoms with Crippen LogP contribution in [0.5, 0.6) is 0 Å². The molecule has 5 nitrogen and oxygen atoms in total. The summed E-state index contributed by atoms with van der Waals surface area (Å²) < 4.78 is 5.21. The van der Waals surface area contributed by atoms with Crippen molar-refractivity contribution >= 4 is 40.7 Å². The van der Waals surface area contributed by atoms with Crippen LogP contribution in [0.1, 0.15) is 10.5 Å². The fourth-order valence-corrected chi connectivity index (χ4v) is 2.36. The van der Waals surface area contributed by atoms with E-state index in [4.69, 9.17) is 39.5 Å². The number of pyridine rings is 1. The maximum atomic E-state index is 12.4. The van der Waals surface area contributed by atoms with E-state index in [9.17, 15) is 9.90 Å². The molecule has 1 N–H and O–H groups in total. The topological polar surface area (TPSA) is 62.7 Å². The lowest BCUT2D eigenvalue weighted by Crippen LogP contribution is -2.50. The van der Waals surface area contributed by atoms with Crippen LogP contribution in [0.2, 0.25) is 15.1 Å². The van der Waals surface area contributed by atoms with Crippen LogP contribution in [0.25, 0.3) is 0 Å². The van der Waals surface area contributed by atoms with Crippen LogP contribution in [0.15, 0.2) is 6.20 Å². The molecule has 1 unspecified atom stereocenters. The number of hydrogen-bond donors (Lipinski definition) is 1. The van der Waals surface area contributed by atoms with Crippen molar-refractivity contribution < 1.29 is 14.6 Å². The standard InChI is InChI=1S/C11H11Cl3N2O3/c12-7-3-15-10(9(14)8(7)13)11(18)16-1-2-19-5-6(16)4-17/h3,6,17H,1-2,4-5H2. The number of rotatable bonds is 2. The lowest BCUT2D eigenvalue weighted by molar-refractivity contribution is -0.0186. The number of halogens is 3. The van der Waals surface area contributed by atoms with E-state index in [-0.39, 0.29) is 34.0 Å². The number of hydrogen-bond acceptors (Lipinski definition) is 4. The first-order chi connectivity index (χ1) is 9.06. The fraction of sp³-hybridized carbons (Fsp3) is 0.455. The third-order valence-electron chi connectivity index (χ3n) is 2.82. The van der Waals surface area contributed by atoms with Crippen molar-refractivity contribution in [2.24, 2.45) is 0 Å². The second-order valence-corrected chi connectivity index (χ2v) is 5.16. The molecule has 1 fully saturated rings. The summed E-state index contributed by atoms with van der Waals surface area (Å²) in [6.45, 7) is 0.857. The van der Waals surface area contributed by atoms with Gasteiger partial charge in [0.05, 0.1) is 40.9 Å². The van der Waals surface area contributed by atoms with E-state index in [2.05, 4.69) is 4.98 Å². The molecule has 104 valence electrons. The van der Waals surface area contributed by atoms with E-state index in [0.717, 1.165) is 0 Å². The van der Waals surface area contributed by atoms with E-state index in [1.165, 1.54) is 11.1 Å². The minimum Gasteiger partial charge on any atom is -0.394 e. The zero-order valence-electron chi connectivity index (χ0n) is 9.78. The molecule has 2 rings (SSSR count). The van der Waals surface area contributed by atoms with Crippen molar-refractivity contribution in [2.45, 2.75) is 6.04 Å². The predicted molar refractivity (Wildman–Crippen MR) is 72.0 cm³/mol. The lowest BCUT2D eigenvalue weighted by atomic mass is 10.2. The highest BCUT2D eigenvalue weighted by molar-refractivity contribution is 6.48. The first kappa shape index (κ1) is 14.8. The zero-order valence-corrected chi connectivity index (χ0v) is 12.0. The number of aliphatic hydroxyl groups is 1. The molecule has 1 aromatic rings. The first-order valence-corrected chi connectivity index (χ1v) is 6.68. The molecule has 0 aromatic carbocycles. The Balaban J connectivity index is 2.31. The summed E-state index contributed by atoms with van der Waals surface area (Å²) in [5.74, 6) is -0.397. The van der Waals surface area contributed by atoms with Crippen LogP contribution in [0, 0.1) is 0 Å². The average molecular weight is 326 g/mol. The number of aliphatic hydroxyl groups excluding tert-OH is 1. The monoisotopic (exact) mass is 324 g/mol. The van der Waals surface area contributed by atoms with Gasteiger partial charge in [-0.15, -0.1) is 0 Å². The highest BCUT2D eigenvalue weighted by atomic mass is 35.5. The number of nitrogens with zero attached hydrogens (tertiary/aromatic N) is 2. The first-order valence-electron chi connectivity index (χ1n) is 5.55. The lowest BCUT2D eigenvalue weighted by Gasteiger charge is -2.34. The molecular weight excluding hydrogens is 314 g/mol. The van der Waals surface area contributed by atoms with Gasteiger partial charge in [0.1, 0.15) is 5.69 Å². The molecule has 0 spiro atoms. The van der Waals surface area contributed by atoms with E-state index in [1.807, 2.05) is 0 Å². The minimum absolute atomic E-state index is 0.0161. The summed E-state index contributed by atoms with van der Waals surface area (Å²) in [6.07, 6.45) is 1.28. The van der Waals surface area contributed by atoms with Gasteiger partial charge < -0.3 is 14.7 Å². The Morgan fingerprint density at radius 1 is 1.47 bits per heavy atom. The summed E-state index contributed by atoms with van der Waals surface area (Å²) >= 11 is 17.6. The number of amides is 1. The van der Waals surface area contributed by atoms with Crippen LogP contribution < -0.4 is 0 Å². The zero-order chi connectivity index (χ0) is 14.0. The van der Waals surface area contributed by atoms with Crippen LogP contribution >= 0.6 is 34.8 Å². The molecule has 0 saturated carbocycles. The van der Waals surface area contributed by atoms with Gasteiger partial charge in [-0.3, -0.25) is 4.79 Å². The Hall–Kier alpha value is -0.590. The maximum Gasteiger partial charge on any atom is 0.274 e. The van der Waals surface area contributed by atoms with Crippen LogP contribution in [0.3, 0.4) is 0 Å². The SMILES string of the molecule is O=C(c1ncc(Cl)c(Cl)c1Cl)N1CCOCC1CO. The summed E-state index contributed by atoms with van der Waals surface area (Å²) in [7, 11) is 0. The van der Waals surface area contributed by atoms with Crippen LogP contribution in [-0.4, -0.2) is 53.3 Å². The van der Waals surface area contributed by atoms with Gasteiger partial charge in [-0.25, -0.2) is 4.98 Å². The van der Waals surface area contributed by atoms with Gasteiger partial charge in [-0.05, 0) is 0 Å². The summed E-state index contributed by atoms with van der Waals surface area (Å²) in [4.78, 5) is 17.8. The van der Waals surface area contributed by atoms with E-state index in [1.54, 1.807) is 0 Å². The van der Waals surface area contributed by atoms with Crippen LogP contribution in [0.4, 0.5) is 0 Å². The second kappa shape index (κ2) is 6.24. The van der Waals surface area contributed by atoms with Crippen molar-refractivity contribution in [2.75, 3.05) is 26.4 Å². The Morgan fingerprint density at radius 2 is 2.21 bits per heavy atom. The fourth-order valence-electron chi connectivity index (χ4n) is 1.80. The number of carbonyl (C=O) groups is 1. The largest absolute Gasteiger partial charge is 0.394 e. The third-order valence-corrected chi connectivity index (χ3v) is 4.06. The highest BCUT2D eigenvalue weighted by Crippen LogP contribution is 2.32. The molecule has 0 radical (unpaired) electrons. The number of carbonyl (C=O) groups excluding carboxylic acids is 1. The van der Waals surface area contributed by atoms with Crippen molar-refractivity contribution in [3.05, 3.63) is 27.0 Å². The number of morpholine rings is 1. The molecule has 1 aromatic heterocycles. The van der Waals surface area contributed by atoms with Crippen molar-refractivity contribution in [1.82, 2.24) is 9.88 Å². The summed E-state index contributed by atoms with van der Waals surface area (Å²) in [6, 6.07) is -0.409. The Bertz CT molecular complexity index is 498. The third kappa shape index (κ3) is 2.95. The van der Waals surface area contributed by atoms with Gasteiger partial charge >= 0.3 is 0 Å². The van der Waals surface area contributed by atoms with Crippen molar-refractivity contribution in [3.8, 4) is 0 Å². The molecule has 1 aliphatic heterocycles. The van der Waals surface area contributed by atoms with Gasteiger partial charge in [0.2, 0.25) is 0 Å².